The third-order valence-electron chi connectivity index (χ3n) is 6.01. The summed E-state index contributed by atoms with van der Waals surface area (Å²) in [5.74, 6) is 2.29. The van der Waals surface area contributed by atoms with Crippen molar-refractivity contribution in [2.45, 2.75) is 44.9 Å². The zero-order chi connectivity index (χ0) is 29.3. The quantitative estimate of drug-likeness (QED) is 0.374. The Bertz CT molecular complexity index is 1340. The van der Waals surface area contributed by atoms with Crippen LogP contribution in [0, 0.1) is 12.3 Å². The number of benzene rings is 3. The van der Waals surface area contributed by atoms with E-state index in [1.165, 1.54) is 11.9 Å². The number of carbonyl (C=O) groups is 3. The Balaban J connectivity index is 1.94. The van der Waals surface area contributed by atoms with Crippen molar-refractivity contribution < 1.29 is 23.9 Å². The molecule has 3 aromatic carbocycles. The number of amides is 3. The van der Waals surface area contributed by atoms with Gasteiger partial charge in [-0.2, -0.15) is 0 Å². The normalized spacial score (nSPS) is 12.3. The highest BCUT2D eigenvalue weighted by Gasteiger charge is 2.34. The van der Waals surface area contributed by atoms with E-state index in [1.54, 1.807) is 76.4 Å². The smallest absolute Gasteiger partial charge is 0.408 e. The van der Waals surface area contributed by atoms with Crippen molar-refractivity contribution in [3.8, 4) is 18.1 Å². The molecule has 2 atom stereocenters. The Labute approximate surface area is 235 Å². The van der Waals surface area contributed by atoms with Gasteiger partial charge in [-0.05, 0) is 68.3 Å². The fourth-order valence-electron chi connectivity index (χ4n) is 4.07. The molecule has 3 rings (SSSR count). The van der Waals surface area contributed by atoms with E-state index in [0.717, 1.165) is 5.56 Å². The van der Waals surface area contributed by atoms with E-state index in [2.05, 4.69) is 16.6 Å². The van der Waals surface area contributed by atoms with Crippen LogP contribution in [-0.2, 0) is 20.7 Å². The van der Waals surface area contributed by atoms with Crippen LogP contribution in [0.5, 0.6) is 5.75 Å². The van der Waals surface area contributed by atoms with E-state index < -0.39 is 35.6 Å². The number of alkyl carbamates (subject to hydrolysis) is 1. The summed E-state index contributed by atoms with van der Waals surface area (Å²) in [6.07, 6.45) is 4.99. The number of ether oxygens (including phenoxy) is 2. The molecule has 0 aliphatic rings. The first kappa shape index (κ1) is 29.8. The lowest BCUT2D eigenvalue weighted by Crippen LogP contribution is -2.52. The number of hydrogen-bond acceptors (Lipinski definition) is 5. The number of nitrogens with zero attached hydrogens (tertiary/aromatic N) is 1. The molecular weight excluding hydrogens is 506 g/mol. The lowest BCUT2D eigenvalue weighted by atomic mass is 10.00. The van der Waals surface area contributed by atoms with Gasteiger partial charge in [0.1, 0.15) is 23.4 Å². The van der Waals surface area contributed by atoms with Crippen LogP contribution in [0.2, 0.25) is 0 Å². The van der Waals surface area contributed by atoms with Gasteiger partial charge in [0.2, 0.25) is 5.91 Å². The molecule has 2 N–H and O–H groups in total. The second kappa shape index (κ2) is 13.3. The monoisotopic (exact) mass is 541 g/mol. The largest absolute Gasteiger partial charge is 0.497 e. The minimum Gasteiger partial charge on any atom is -0.497 e. The van der Waals surface area contributed by atoms with Crippen LogP contribution in [0.15, 0.2) is 78.9 Å². The maximum atomic E-state index is 14.0. The van der Waals surface area contributed by atoms with E-state index in [4.69, 9.17) is 15.9 Å². The molecule has 2 unspecified atom stereocenters. The number of nitrogens with one attached hydrogen (secondary N) is 2. The molecule has 0 bridgehead atoms. The molecule has 0 saturated heterocycles. The summed E-state index contributed by atoms with van der Waals surface area (Å²) in [4.78, 5) is 41.7. The van der Waals surface area contributed by atoms with Gasteiger partial charge in [0.25, 0.3) is 5.91 Å². The van der Waals surface area contributed by atoms with Gasteiger partial charge in [0, 0.05) is 24.7 Å². The van der Waals surface area contributed by atoms with Gasteiger partial charge < -0.3 is 25.0 Å². The van der Waals surface area contributed by atoms with Crippen LogP contribution in [-0.4, -0.2) is 48.6 Å². The highest BCUT2D eigenvalue weighted by Crippen LogP contribution is 2.25. The summed E-state index contributed by atoms with van der Waals surface area (Å²) in [7, 11) is 3.09. The average Bonchev–Trinajstić information content (AvgIpc) is 2.92. The second-order valence-electron chi connectivity index (χ2n) is 10.2. The van der Waals surface area contributed by atoms with Gasteiger partial charge in [-0.3, -0.25) is 9.59 Å². The number of hydrogen-bond donors (Lipinski definition) is 2. The van der Waals surface area contributed by atoms with E-state index in [1.807, 2.05) is 30.3 Å². The zero-order valence-corrected chi connectivity index (χ0v) is 23.4. The van der Waals surface area contributed by atoms with Crippen molar-refractivity contribution in [1.82, 2.24) is 10.2 Å². The van der Waals surface area contributed by atoms with Crippen molar-refractivity contribution in [2.24, 2.45) is 0 Å². The maximum absolute atomic E-state index is 14.0. The Morgan fingerprint density at radius 1 is 0.950 bits per heavy atom. The van der Waals surface area contributed by atoms with Crippen LogP contribution < -0.4 is 15.4 Å². The predicted molar refractivity (Wildman–Crippen MR) is 155 cm³/mol. The van der Waals surface area contributed by atoms with Crippen LogP contribution in [0.1, 0.15) is 43.5 Å². The van der Waals surface area contributed by atoms with Crippen molar-refractivity contribution in [3.63, 3.8) is 0 Å². The molecule has 0 aromatic heterocycles. The summed E-state index contributed by atoms with van der Waals surface area (Å²) in [6, 6.07) is 21.0. The summed E-state index contributed by atoms with van der Waals surface area (Å²) in [6.45, 7) is 5.23. The molecule has 40 heavy (non-hydrogen) atoms. The maximum Gasteiger partial charge on any atom is 0.408 e. The number of terminal acetylenes is 1. The van der Waals surface area contributed by atoms with Gasteiger partial charge in [-0.1, -0.05) is 48.4 Å². The third-order valence-corrected chi connectivity index (χ3v) is 6.01. The minimum atomic E-state index is -1.03. The number of likely N-dealkylation sites (N-methyl/N-ethyl adjacent to an activating group) is 1. The molecule has 0 fully saturated rings. The number of rotatable bonds is 9. The standard InChI is InChI=1S/C32H35N3O5/c1-7-22-13-15-24(16-14-22)28(29(36)33-25-17-19-26(39-6)20-18-25)35(5)30(37)27(21-23-11-9-8-10-12-23)34-31(38)40-32(2,3)4/h1,8-20,27-28H,21H2,2-6H3,(H,33,36)(H,34,38). The van der Waals surface area contributed by atoms with Crippen LogP contribution in [0.4, 0.5) is 10.5 Å². The van der Waals surface area contributed by atoms with Crippen molar-refractivity contribution >= 4 is 23.6 Å². The topological polar surface area (TPSA) is 97.0 Å². The second-order valence-corrected chi connectivity index (χ2v) is 10.2. The molecule has 208 valence electrons. The molecule has 8 heteroatoms. The first-order valence-electron chi connectivity index (χ1n) is 12.8. The average molecular weight is 542 g/mol. The van der Waals surface area contributed by atoms with Gasteiger partial charge in [0.05, 0.1) is 7.11 Å². The van der Waals surface area contributed by atoms with Gasteiger partial charge in [0.15, 0.2) is 0 Å². The van der Waals surface area contributed by atoms with Gasteiger partial charge in [-0.25, -0.2) is 4.79 Å². The molecule has 0 saturated carbocycles. The van der Waals surface area contributed by atoms with Crippen LogP contribution in [0.25, 0.3) is 0 Å². The molecule has 8 nitrogen and oxygen atoms in total. The van der Waals surface area contributed by atoms with Gasteiger partial charge in [-0.15, -0.1) is 6.42 Å². The molecule has 0 aliphatic carbocycles. The molecule has 0 radical (unpaired) electrons. The molecular formula is C32H35N3O5. The number of carbonyl (C=O) groups excluding carboxylic acids is 3. The third kappa shape index (κ3) is 8.37. The van der Waals surface area contributed by atoms with E-state index in [0.29, 0.717) is 22.6 Å². The molecule has 3 aromatic rings. The summed E-state index contributed by atoms with van der Waals surface area (Å²) in [5.41, 5.74) is 1.81. The molecule has 0 aliphatic heterocycles. The predicted octanol–water partition coefficient (Wildman–Crippen LogP) is 4.95. The van der Waals surface area contributed by atoms with Crippen molar-refractivity contribution in [3.05, 3.63) is 95.6 Å². The lowest BCUT2D eigenvalue weighted by molar-refractivity contribution is -0.139. The Morgan fingerprint density at radius 3 is 2.12 bits per heavy atom. The fraction of sp³-hybridized carbons (Fsp3) is 0.281. The van der Waals surface area contributed by atoms with E-state index >= 15 is 0 Å². The van der Waals surface area contributed by atoms with Crippen molar-refractivity contribution in [2.75, 3.05) is 19.5 Å². The van der Waals surface area contributed by atoms with E-state index in [-0.39, 0.29) is 6.42 Å². The summed E-state index contributed by atoms with van der Waals surface area (Å²) < 4.78 is 10.6. The molecule has 0 spiro atoms. The molecule has 3 amide bonds. The van der Waals surface area contributed by atoms with Crippen LogP contribution in [0.3, 0.4) is 0 Å². The first-order chi connectivity index (χ1) is 19.0. The summed E-state index contributed by atoms with van der Waals surface area (Å²) in [5, 5.41) is 5.58. The number of methoxy groups -OCH3 is 1. The fourth-order valence-corrected chi connectivity index (χ4v) is 4.07. The van der Waals surface area contributed by atoms with E-state index in [9.17, 15) is 14.4 Å². The first-order valence-corrected chi connectivity index (χ1v) is 12.8. The number of anilines is 1. The minimum absolute atomic E-state index is 0.201. The Morgan fingerprint density at radius 2 is 1.57 bits per heavy atom. The highest BCUT2D eigenvalue weighted by atomic mass is 16.6. The Kier molecular flexibility index (Phi) is 9.93. The lowest BCUT2D eigenvalue weighted by Gasteiger charge is -2.32. The summed E-state index contributed by atoms with van der Waals surface area (Å²) >= 11 is 0. The molecule has 0 heterocycles. The SMILES string of the molecule is C#Cc1ccc(C(C(=O)Nc2ccc(OC)cc2)N(C)C(=O)C(Cc2ccccc2)NC(=O)OC(C)(C)C)cc1. The highest BCUT2D eigenvalue weighted by molar-refractivity contribution is 5.99. The van der Waals surface area contributed by atoms with Crippen LogP contribution >= 0.6 is 0 Å². The van der Waals surface area contributed by atoms with Gasteiger partial charge >= 0.3 is 6.09 Å². The Hall–Kier alpha value is -4.77. The van der Waals surface area contributed by atoms with Crippen molar-refractivity contribution in [1.29, 1.82) is 0 Å². The zero-order valence-electron chi connectivity index (χ0n) is 23.4.